The predicted octanol–water partition coefficient (Wildman–Crippen LogP) is -1.19. The fourth-order valence-corrected chi connectivity index (χ4v) is 2.87. The molecule has 0 spiro atoms. The summed E-state index contributed by atoms with van der Waals surface area (Å²) in [4.78, 5) is 15.2. The van der Waals surface area contributed by atoms with Gasteiger partial charge < -0.3 is 15.6 Å². The molecule has 1 heterocycles. The van der Waals surface area contributed by atoms with E-state index < -0.39 is 22.0 Å². The van der Waals surface area contributed by atoms with Crippen LogP contribution in [0.25, 0.3) is 0 Å². The van der Waals surface area contributed by atoms with Crippen molar-refractivity contribution in [2.75, 3.05) is 12.3 Å². The van der Waals surface area contributed by atoms with Gasteiger partial charge in [-0.05, 0) is 13.8 Å². The van der Waals surface area contributed by atoms with Crippen molar-refractivity contribution in [3.63, 3.8) is 0 Å². The zero-order valence-electron chi connectivity index (χ0n) is 10.5. The molecule has 4 N–H and O–H groups in total. The molecular formula is C9H17N5O3S. The summed E-state index contributed by atoms with van der Waals surface area (Å²) in [6, 6.07) is -0.885. The predicted molar refractivity (Wildman–Crippen MR) is 66.1 cm³/mol. The average molecular weight is 275 g/mol. The third kappa shape index (κ3) is 2.99. The molecule has 0 radical (unpaired) electrons. The van der Waals surface area contributed by atoms with Gasteiger partial charge in [0.25, 0.3) is 10.0 Å². The Balaban J connectivity index is 2.93. The van der Waals surface area contributed by atoms with Crippen molar-refractivity contribution in [2.45, 2.75) is 24.9 Å². The molecule has 0 aliphatic carbocycles. The number of nitrogens with zero attached hydrogens (tertiary/aromatic N) is 2. The Morgan fingerprint density at radius 2 is 2.22 bits per heavy atom. The number of carbonyl (C=O) groups excluding carboxylic acids is 1. The van der Waals surface area contributed by atoms with Crippen LogP contribution in [0.5, 0.6) is 0 Å². The Morgan fingerprint density at radius 1 is 1.61 bits per heavy atom. The number of carbonyl (C=O) groups is 1. The SMILES string of the molecule is CCNC(=O)C(C)NS(=O)(=O)c1c(N)ncn1C. The molecule has 18 heavy (non-hydrogen) atoms. The van der Waals surface area contributed by atoms with Gasteiger partial charge in [-0.3, -0.25) is 4.79 Å². The van der Waals surface area contributed by atoms with Crippen LogP contribution in [0.15, 0.2) is 11.4 Å². The molecule has 1 atom stereocenters. The number of nitrogens with one attached hydrogen (secondary N) is 2. The number of aryl methyl sites for hydroxylation is 1. The zero-order valence-corrected chi connectivity index (χ0v) is 11.3. The van der Waals surface area contributed by atoms with Gasteiger partial charge in [-0.15, -0.1) is 0 Å². The average Bonchev–Trinajstić information content (AvgIpc) is 2.58. The Kier molecular flexibility index (Phi) is 4.30. The first kappa shape index (κ1) is 14.5. The summed E-state index contributed by atoms with van der Waals surface area (Å²) in [6.07, 6.45) is 1.29. The van der Waals surface area contributed by atoms with E-state index in [1.807, 2.05) is 0 Å². The molecule has 0 saturated carbocycles. The van der Waals surface area contributed by atoms with Gasteiger partial charge >= 0.3 is 0 Å². The van der Waals surface area contributed by atoms with Gasteiger partial charge in [-0.2, -0.15) is 4.72 Å². The number of nitrogens with two attached hydrogens (primary N) is 1. The Morgan fingerprint density at radius 3 is 2.67 bits per heavy atom. The molecule has 1 unspecified atom stereocenters. The molecule has 0 aliphatic rings. The van der Waals surface area contributed by atoms with Gasteiger partial charge in [-0.1, -0.05) is 0 Å². The first-order valence-electron chi connectivity index (χ1n) is 5.36. The fraction of sp³-hybridized carbons (Fsp3) is 0.556. The third-order valence-electron chi connectivity index (χ3n) is 2.24. The summed E-state index contributed by atoms with van der Waals surface area (Å²) in [5.74, 6) is -0.505. The Labute approximate surface area is 106 Å². The van der Waals surface area contributed by atoms with Gasteiger partial charge in [0.05, 0.1) is 12.4 Å². The number of likely N-dealkylation sites (N-methyl/N-ethyl adjacent to an activating group) is 1. The second kappa shape index (κ2) is 5.36. The molecule has 1 amide bonds. The van der Waals surface area contributed by atoms with E-state index in [-0.39, 0.29) is 10.8 Å². The van der Waals surface area contributed by atoms with Crippen molar-refractivity contribution in [3.05, 3.63) is 6.33 Å². The lowest BCUT2D eigenvalue weighted by molar-refractivity contribution is -0.122. The highest BCUT2D eigenvalue weighted by Crippen LogP contribution is 2.15. The maximum atomic E-state index is 12.0. The summed E-state index contributed by atoms with van der Waals surface area (Å²) in [7, 11) is -2.37. The molecule has 0 aromatic carbocycles. The first-order chi connectivity index (χ1) is 8.29. The Hall–Kier alpha value is -1.61. The van der Waals surface area contributed by atoms with Crippen LogP contribution >= 0.6 is 0 Å². The van der Waals surface area contributed by atoms with Crippen LogP contribution in [0.1, 0.15) is 13.8 Å². The molecule has 8 nitrogen and oxygen atoms in total. The number of imidazole rings is 1. The van der Waals surface area contributed by atoms with E-state index in [2.05, 4.69) is 15.0 Å². The van der Waals surface area contributed by atoms with Gasteiger partial charge in [0.15, 0.2) is 10.8 Å². The van der Waals surface area contributed by atoms with E-state index in [0.29, 0.717) is 6.54 Å². The monoisotopic (exact) mass is 275 g/mol. The molecular weight excluding hydrogens is 258 g/mol. The highest BCUT2D eigenvalue weighted by atomic mass is 32.2. The third-order valence-corrected chi connectivity index (χ3v) is 3.91. The van der Waals surface area contributed by atoms with E-state index in [0.717, 1.165) is 0 Å². The van der Waals surface area contributed by atoms with Crippen molar-refractivity contribution in [1.29, 1.82) is 0 Å². The van der Waals surface area contributed by atoms with Crippen LogP contribution in [-0.4, -0.2) is 36.5 Å². The zero-order chi connectivity index (χ0) is 13.9. The minimum Gasteiger partial charge on any atom is -0.381 e. The van der Waals surface area contributed by atoms with Crippen molar-refractivity contribution in [1.82, 2.24) is 19.6 Å². The number of amides is 1. The van der Waals surface area contributed by atoms with Crippen molar-refractivity contribution < 1.29 is 13.2 Å². The lowest BCUT2D eigenvalue weighted by Gasteiger charge is -2.14. The standard InChI is InChI=1S/C9H17N5O3S/c1-4-11-8(15)6(2)13-18(16,17)9-7(10)12-5-14(9)3/h5-6,13H,4,10H2,1-3H3,(H,11,15). The summed E-state index contributed by atoms with van der Waals surface area (Å²) >= 11 is 0. The molecule has 0 saturated heterocycles. The molecule has 0 fully saturated rings. The van der Waals surface area contributed by atoms with Crippen molar-refractivity contribution in [2.24, 2.45) is 7.05 Å². The van der Waals surface area contributed by atoms with Gasteiger partial charge in [0, 0.05) is 13.6 Å². The van der Waals surface area contributed by atoms with E-state index in [4.69, 9.17) is 5.73 Å². The van der Waals surface area contributed by atoms with Crippen LogP contribution in [0.2, 0.25) is 0 Å². The van der Waals surface area contributed by atoms with Crippen LogP contribution < -0.4 is 15.8 Å². The summed E-state index contributed by atoms with van der Waals surface area (Å²) in [5, 5.41) is 2.37. The first-order valence-corrected chi connectivity index (χ1v) is 6.84. The van der Waals surface area contributed by atoms with E-state index >= 15 is 0 Å². The van der Waals surface area contributed by atoms with Crippen molar-refractivity contribution >= 4 is 21.7 Å². The Bertz CT molecular complexity index is 517. The number of aromatic nitrogens is 2. The largest absolute Gasteiger partial charge is 0.381 e. The topological polar surface area (TPSA) is 119 Å². The summed E-state index contributed by atoms with van der Waals surface area (Å²) in [6.45, 7) is 3.63. The molecule has 0 bridgehead atoms. The smallest absolute Gasteiger partial charge is 0.260 e. The highest BCUT2D eigenvalue weighted by Gasteiger charge is 2.26. The van der Waals surface area contributed by atoms with E-state index in [1.54, 1.807) is 6.92 Å². The number of hydrogen-bond acceptors (Lipinski definition) is 5. The second-order valence-corrected chi connectivity index (χ2v) is 5.41. The normalized spacial score (nSPS) is 13.3. The van der Waals surface area contributed by atoms with Crippen LogP contribution in [-0.2, 0) is 21.9 Å². The van der Waals surface area contributed by atoms with Crippen molar-refractivity contribution in [3.8, 4) is 0 Å². The minimum absolute atomic E-state index is 0.104. The van der Waals surface area contributed by atoms with Gasteiger partial charge in [-0.25, -0.2) is 13.4 Å². The molecule has 1 rings (SSSR count). The molecule has 0 aliphatic heterocycles. The van der Waals surface area contributed by atoms with Crippen LogP contribution in [0.4, 0.5) is 5.82 Å². The summed E-state index contributed by atoms with van der Waals surface area (Å²) < 4.78 is 27.6. The second-order valence-electron chi connectivity index (χ2n) is 3.78. The maximum Gasteiger partial charge on any atom is 0.260 e. The number of hydrogen-bond donors (Lipinski definition) is 3. The number of anilines is 1. The minimum atomic E-state index is -3.88. The quantitative estimate of drug-likeness (QED) is 0.624. The molecule has 1 aromatic rings. The molecule has 1 aromatic heterocycles. The molecule has 102 valence electrons. The number of nitrogen functional groups attached to an aromatic ring is 1. The highest BCUT2D eigenvalue weighted by molar-refractivity contribution is 7.89. The lowest BCUT2D eigenvalue weighted by Crippen LogP contribution is -2.45. The van der Waals surface area contributed by atoms with E-state index in [9.17, 15) is 13.2 Å². The molecule has 9 heteroatoms. The number of rotatable bonds is 5. The fourth-order valence-electron chi connectivity index (χ4n) is 1.43. The lowest BCUT2D eigenvalue weighted by atomic mass is 10.3. The van der Waals surface area contributed by atoms with Crippen LogP contribution in [0, 0.1) is 0 Å². The van der Waals surface area contributed by atoms with Crippen LogP contribution in [0.3, 0.4) is 0 Å². The van der Waals surface area contributed by atoms with Gasteiger partial charge in [0.1, 0.15) is 0 Å². The van der Waals surface area contributed by atoms with Gasteiger partial charge in [0.2, 0.25) is 5.91 Å². The number of sulfonamides is 1. The van der Waals surface area contributed by atoms with E-state index in [1.165, 1.54) is 24.9 Å². The maximum absolute atomic E-state index is 12.0. The summed E-state index contributed by atoms with van der Waals surface area (Å²) in [5.41, 5.74) is 5.49.